The second kappa shape index (κ2) is 6.60. The van der Waals surface area contributed by atoms with Crippen LogP contribution in [0.15, 0.2) is 0 Å². The average molecular weight is 269 g/mol. The van der Waals surface area contributed by atoms with Crippen molar-refractivity contribution in [3.8, 4) is 0 Å². The molecular formula is C12H23N5O2. The van der Waals surface area contributed by atoms with E-state index in [1.807, 2.05) is 0 Å². The van der Waals surface area contributed by atoms with Crippen molar-refractivity contribution < 1.29 is 9.59 Å². The zero-order chi connectivity index (χ0) is 13.7. The highest BCUT2D eigenvalue weighted by Gasteiger charge is 2.25. The second-order valence-electron chi connectivity index (χ2n) is 5.21. The maximum absolute atomic E-state index is 12.1. The highest BCUT2D eigenvalue weighted by molar-refractivity contribution is 5.76. The normalized spacial score (nSPS) is 21.1. The molecule has 1 saturated heterocycles. The van der Waals surface area contributed by atoms with Crippen LogP contribution in [0.3, 0.4) is 0 Å². The fourth-order valence-corrected chi connectivity index (χ4v) is 2.72. The molecule has 0 aromatic rings. The maximum atomic E-state index is 12.1. The van der Waals surface area contributed by atoms with Crippen LogP contribution < -0.4 is 16.6 Å². The van der Waals surface area contributed by atoms with Gasteiger partial charge in [-0.25, -0.2) is 15.4 Å². The Bertz CT molecular complexity index is 322. The predicted molar refractivity (Wildman–Crippen MR) is 71.3 cm³/mol. The van der Waals surface area contributed by atoms with E-state index in [-0.39, 0.29) is 12.1 Å². The molecule has 0 radical (unpaired) electrons. The van der Waals surface area contributed by atoms with Crippen molar-refractivity contribution in [1.82, 2.24) is 20.5 Å². The van der Waals surface area contributed by atoms with Crippen LogP contribution in [0.25, 0.3) is 0 Å². The molecule has 1 aliphatic heterocycles. The number of nitrogens with two attached hydrogens (primary N) is 1. The molecule has 0 bridgehead atoms. The monoisotopic (exact) mass is 269 g/mol. The topological polar surface area (TPSA) is 90.7 Å². The first kappa shape index (κ1) is 13.9. The van der Waals surface area contributed by atoms with Crippen molar-refractivity contribution in [2.45, 2.75) is 38.1 Å². The third-order valence-electron chi connectivity index (χ3n) is 3.91. The number of hydrogen-bond acceptors (Lipinski definition) is 3. The summed E-state index contributed by atoms with van der Waals surface area (Å²) in [5.74, 6) is 5.09. The van der Waals surface area contributed by atoms with Gasteiger partial charge in [-0.2, -0.15) is 0 Å². The first-order valence-electron chi connectivity index (χ1n) is 7.01. The second-order valence-corrected chi connectivity index (χ2v) is 5.21. The van der Waals surface area contributed by atoms with E-state index in [4.69, 9.17) is 5.84 Å². The number of nitrogens with one attached hydrogen (secondary N) is 2. The molecule has 2 rings (SSSR count). The highest BCUT2D eigenvalue weighted by Crippen LogP contribution is 2.17. The van der Waals surface area contributed by atoms with Crippen LogP contribution in [-0.4, -0.2) is 54.1 Å². The van der Waals surface area contributed by atoms with Gasteiger partial charge in [-0.1, -0.05) is 19.3 Å². The number of hydrogen-bond donors (Lipinski definition) is 3. The van der Waals surface area contributed by atoms with Crippen LogP contribution >= 0.6 is 0 Å². The molecule has 2 aliphatic rings. The molecule has 7 nitrogen and oxygen atoms in total. The Hall–Kier alpha value is -1.50. The molecule has 0 aromatic heterocycles. The Morgan fingerprint density at radius 3 is 1.95 bits per heavy atom. The van der Waals surface area contributed by atoms with E-state index < -0.39 is 0 Å². The zero-order valence-corrected chi connectivity index (χ0v) is 11.2. The van der Waals surface area contributed by atoms with Crippen LogP contribution in [0.5, 0.6) is 0 Å². The Labute approximate surface area is 113 Å². The number of hydrazine groups is 1. The number of amides is 4. The Morgan fingerprint density at radius 1 is 0.895 bits per heavy atom. The van der Waals surface area contributed by atoms with Gasteiger partial charge in [0.25, 0.3) is 0 Å². The number of nitrogens with zero attached hydrogens (tertiary/aromatic N) is 2. The van der Waals surface area contributed by atoms with E-state index in [1.165, 1.54) is 19.3 Å². The van der Waals surface area contributed by atoms with E-state index in [9.17, 15) is 9.59 Å². The maximum Gasteiger partial charge on any atom is 0.331 e. The van der Waals surface area contributed by atoms with E-state index in [0.29, 0.717) is 32.2 Å². The van der Waals surface area contributed by atoms with Gasteiger partial charge >= 0.3 is 12.1 Å². The summed E-state index contributed by atoms with van der Waals surface area (Å²) in [6.07, 6.45) is 5.85. The van der Waals surface area contributed by atoms with E-state index >= 15 is 0 Å². The minimum absolute atomic E-state index is 0.000272. The average Bonchev–Trinajstić information content (AvgIpc) is 2.47. The lowest BCUT2D eigenvalue weighted by Gasteiger charge is -2.35. The Kier molecular flexibility index (Phi) is 4.84. The van der Waals surface area contributed by atoms with Gasteiger partial charge in [-0.05, 0) is 12.8 Å². The minimum Gasteiger partial charge on any atom is -0.335 e. The Balaban J connectivity index is 1.74. The molecule has 1 saturated carbocycles. The summed E-state index contributed by atoms with van der Waals surface area (Å²) in [6, 6.07) is 0.0404. The van der Waals surface area contributed by atoms with Gasteiger partial charge in [0, 0.05) is 32.2 Å². The molecule has 0 unspecified atom stereocenters. The van der Waals surface area contributed by atoms with Gasteiger partial charge in [-0.3, -0.25) is 5.43 Å². The van der Waals surface area contributed by atoms with Crippen molar-refractivity contribution in [2.24, 2.45) is 5.84 Å². The smallest absolute Gasteiger partial charge is 0.331 e. The minimum atomic E-state index is -0.285. The lowest BCUT2D eigenvalue weighted by Crippen LogP contribution is -2.56. The summed E-state index contributed by atoms with van der Waals surface area (Å²) in [4.78, 5) is 26.8. The van der Waals surface area contributed by atoms with Crippen molar-refractivity contribution in [3.05, 3.63) is 0 Å². The van der Waals surface area contributed by atoms with Crippen molar-refractivity contribution in [2.75, 3.05) is 26.2 Å². The third-order valence-corrected chi connectivity index (χ3v) is 3.91. The molecule has 19 heavy (non-hydrogen) atoms. The standard InChI is InChI=1S/C12H23N5O2/c13-15-12(19)17-8-6-16(7-9-17)11(18)14-10-4-2-1-3-5-10/h10H,1-9,13H2,(H,14,18)(H,15,19). The zero-order valence-electron chi connectivity index (χ0n) is 11.2. The SMILES string of the molecule is NNC(=O)N1CCN(C(=O)NC2CCCCC2)CC1. The van der Waals surface area contributed by atoms with Crippen LogP contribution in [0, 0.1) is 0 Å². The summed E-state index contributed by atoms with van der Waals surface area (Å²) < 4.78 is 0. The first-order chi connectivity index (χ1) is 9.20. The Morgan fingerprint density at radius 2 is 1.42 bits per heavy atom. The van der Waals surface area contributed by atoms with Crippen molar-refractivity contribution in [1.29, 1.82) is 0 Å². The lowest BCUT2D eigenvalue weighted by atomic mass is 9.96. The molecule has 0 aromatic carbocycles. The summed E-state index contributed by atoms with van der Waals surface area (Å²) in [7, 11) is 0. The van der Waals surface area contributed by atoms with Gasteiger partial charge < -0.3 is 15.1 Å². The molecule has 7 heteroatoms. The number of carbonyl (C=O) groups is 2. The van der Waals surface area contributed by atoms with E-state index in [0.717, 1.165) is 12.8 Å². The quantitative estimate of drug-likeness (QED) is 0.361. The summed E-state index contributed by atoms with van der Waals surface area (Å²) in [5.41, 5.74) is 2.11. The van der Waals surface area contributed by atoms with Crippen LogP contribution in [-0.2, 0) is 0 Å². The fourth-order valence-electron chi connectivity index (χ4n) is 2.72. The first-order valence-corrected chi connectivity index (χ1v) is 7.01. The van der Waals surface area contributed by atoms with Gasteiger partial charge in [0.15, 0.2) is 0 Å². The van der Waals surface area contributed by atoms with Gasteiger partial charge in [-0.15, -0.1) is 0 Å². The van der Waals surface area contributed by atoms with Gasteiger partial charge in [0.1, 0.15) is 0 Å². The molecule has 1 heterocycles. The summed E-state index contributed by atoms with van der Waals surface area (Å²) in [6.45, 7) is 2.18. The molecular weight excluding hydrogens is 246 g/mol. The van der Waals surface area contributed by atoms with Crippen LogP contribution in [0.4, 0.5) is 9.59 Å². The number of rotatable bonds is 1. The van der Waals surface area contributed by atoms with Crippen LogP contribution in [0.1, 0.15) is 32.1 Å². The predicted octanol–water partition coefficient (Wildman–Crippen LogP) is 0.230. The molecule has 0 atom stereocenters. The highest BCUT2D eigenvalue weighted by atomic mass is 16.2. The van der Waals surface area contributed by atoms with Crippen molar-refractivity contribution >= 4 is 12.1 Å². The number of carbonyl (C=O) groups excluding carboxylic acids is 2. The van der Waals surface area contributed by atoms with E-state index in [2.05, 4.69) is 10.7 Å². The molecule has 108 valence electrons. The number of piperazine rings is 1. The van der Waals surface area contributed by atoms with Crippen molar-refractivity contribution in [3.63, 3.8) is 0 Å². The molecule has 0 spiro atoms. The lowest BCUT2D eigenvalue weighted by molar-refractivity contribution is 0.140. The summed E-state index contributed by atoms with van der Waals surface area (Å²) in [5, 5.41) is 3.09. The van der Waals surface area contributed by atoms with Crippen LogP contribution in [0.2, 0.25) is 0 Å². The summed E-state index contributed by atoms with van der Waals surface area (Å²) >= 11 is 0. The largest absolute Gasteiger partial charge is 0.335 e. The molecule has 1 aliphatic carbocycles. The molecule has 4 N–H and O–H groups in total. The third kappa shape index (κ3) is 3.73. The molecule has 2 fully saturated rings. The van der Waals surface area contributed by atoms with Gasteiger partial charge in [0.2, 0.25) is 0 Å². The molecule has 4 amide bonds. The van der Waals surface area contributed by atoms with Gasteiger partial charge in [0.05, 0.1) is 0 Å². The van der Waals surface area contributed by atoms with E-state index in [1.54, 1.807) is 9.80 Å². The number of urea groups is 2. The fraction of sp³-hybridized carbons (Fsp3) is 0.833.